The number of hydrogen-bond donors (Lipinski definition) is 1. The van der Waals surface area contributed by atoms with E-state index in [0.717, 1.165) is 5.56 Å². The summed E-state index contributed by atoms with van der Waals surface area (Å²) in [6.45, 7) is 3.80. The first-order valence-electron chi connectivity index (χ1n) is 12.7. The molecule has 0 aromatic heterocycles. The first-order valence-corrected chi connectivity index (χ1v) is 12.7. The molecule has 0 aliphatic carbocycles. The molecule has 1 aliphatic heterocycles. The quantitative estimate of drug-likeness (QED) is 0.265. The standard InChI is InChI=1S/C28H36N3O6/c1-3-36-27(34)25(16-17-30(20-32)23-13-8-5-9-14-23)31(26(33)21(2)29)18-10-15-24(31)28(35)37-19-22-11-6-4-7-12-22/h4-9,11-14,20-21,24-25H,3,10,15-19,29H2,1-2H3/q+1/t21-,24-,25?,31?/m0/s1. The lowest BCUT2D eigenvalue weighted by atomic mass is 10.0. The Bertz CT molecular complexity index is 1060. The zero-order chi connectivity index (χ0) is 26.8. The van der Waals surface area contributed by atoms with Crippen LogP contribution < -0.4 is 10.6 Å². The molecule has 0 spiro atoms. The van der Waals surface area contributed by atoms with Gasteiger partial charge in [0.2, 0.25) is 6.41 Å². The van der Waals surface area contributed by atoms with Crippen LogP contribution in [-0.2, 0) is 35.3 Å². The Labute approximate surface area is 217 Å². The number of rotatable bonds is 12. The number of amides is 2. The smallest absolute Gasteiger partial charge is 0.365 e. The minimum Gasteiger partial charge on any atom is -0.462 e. The minimum absolute atomic E-state index is 0.0551. The predicted molar refractivity (Wildman–Crippen MR) is 138 cm³/mol. The van der Waals surface area contributed by atoms with Crippen molar-refractivity contribution in [2.24, 2.45) is 5.73 Å². The number of para-hydroxylation sites is 1. The molecule has 1 fully saturated rings. The summed E-state index contributed by atoms with van der Waals surface area (Å²) < 4.78 is 10.6. The SMILES string of the molecule is CCOC(=O)C(CCN(C=O)c1ccccc1)[N+]1(C(=O)[C@H](C)N)CCC[C@H]1C(=O)OCc1ccccc1. The minimum atomic E-state index is -1.03. The molecule has 1 saturated heterocycles. The molecular formula is C28H36N3O6+. The number of nitrogens with two attached hydrogens (primary N) is 1. The lowest BCUT2D eigenvalue weighted by Crippen LogP contribution is -2.70. The lowest BCUT2D eigenvalue weighted by molar-refractivity contribution is -0.875. The second-order valence-electron chi connectivity index (χ2n) is 9.22. The highest BCUT2D eigenvalue weighted by atomic mass is 16.5. The number of anilines is 1. The van der Waals surface area contributed by atoms with Crippen LogP contribution in [0.2, 0.25) is 0 Å². The Morgan fingerprint density at radius 1 is 1.08 bits per heavy atom. The molecule has 0 radical (unpaired) electrons. The Balaban J connectivity index is 1.94. The van der Waals surface area contributed by atoms with E-state index in [1.807, 2.05) is 48.5 Å². The van der Waals surface area contributed by atoms with E-state index in [1.54, 1.807) is 26.0 Å². The van der Waals surface area contributed by atoms with Crippen molar-refractivity contribution in [1.82, 2.24) is 0 Å². The van der Waals surface area contributed by atoms with Crippen LogP contribution in [0, 0.1) is 0 Å². The summed E-state index contributed by atoms with van der Waals surface area (Å²) in [7, 11) is 0. The molecule has 2 amide bonds. The summed E-state index contributed by atoms with van der Waals surface area (Å²) in [5, 5.41) is 0. The Hall–Kier alpha value is -3.56. The van der Waals surface area contributed by atoms with E-state index >= 15 is 0 Å². The zero-order valence-electron chi connectivity index (χ0n) is 21.5. The molecule has 0 saturated carbocycles. The summed E-state index contributed by atoms with van der Waals surface area (Å²) in [5.41, 5.74) is 7.55. The number of nitrogens with zero attached hydrogens (tertiary/aromatic N) is 2. The Morgan fingerprint density at radius 3 is 2.32 bits per heavy atom. The molecular weight excluding hydrogens is 474 g/mol. The fraction of sp³-hybridized carbons (Fsp3) is 0.429. The average Bonchev–Trinajstić information content (AvgIpc) is 3.36. The predicted octanol–water partition coefficient (Wildman–Crippen LogP) is 2.57. The number of esters is 2. The third-order valence-electron chi connectivity index (χ3n) is 6.83. The van der Waals surface area contributed by atoms with Crippen molar-refractivity contribution < 1.29 is 33.1 Å². The maximum atomic E-state index is 13.7. The van der Waals surface area contributed by atoms with Crippen molar-refractivity contribution in [3.63, 3.8) is 0 Å². The van der Waals surface area contributed by atoms with Gasteiger partial charge in [-0.05, 0) is 31.5 Å². The van der Waals surface area contributed by atoms with Crippen molar-refractivity contribution in [2.75, 3.05) is 24.6 Å². The first kappa shape index (κ1) is 28.0. The number of hydrogen-bond acceptors (Lipinski definition) is 7. The molecule has 1 heterocycles. The largest absolute Gasteiger partial charge is 0.462 e. The number of carbonyl (C=O) groups is 4. The summed E-state index contributed by atoms with van der Waals surface area (Å²) in [6.07, 6.45) is 1.70. The van der Waals surface area contributed by atoms with E-state index in [0.29, 0.717) is 24.9 Å². The number of quaternary nitrogens is 1. The molecule has 9 nitrogen and oxygen atoms in total. The van der Waals surface area contributed by atoms with Gasteiger partial charge in [0.15, 0.2) is 12.1 Å². The maximum absolute atomic E-state index is 13.7. The van der Waals surface area contributed by atoms with Gasteiger partial charge in [-0.3, -0.25) is 4.79 Å². The fourth-order valence-corrected chi connectivity index (χ4v) is 5.13. The Kier molecular flexibility index (Phi) is 9.93. The third kappa shape index (κ3) is 6.42. The van der Waals surface area contributed by atoms with E-state index in [1.165, 1.54) is 4.90 Å². The molecule has 0 bridgehead atoms. The Morgan fingerprint density at radius 2 is 1.73 bits per heavy atom. The highest BCUT2D eigenvalue weighted by Crippen LogP contribution is 2.35. The lowest BCUT2D eigenvalue weighted by Gasteiger charge is -2.42. The van der Waals surface area contributed by atoms with Gasteiger partial charge in [0.25, 0.3) is 0 Å². The van der Waals surface area contributed by atoms with Crippen LogP contribution in [0.1, 0.15) is 38.7 Å². The molecule has 198 valence electrons. The highest BCUT2D eigenvalue weighted by molar-refractivity contribution is 5.85. The van der Waals surface area contributed by atoms with Crippen LogP contribution in [0.3, 0.4) is 0 Å². The zero-order valence-corrected chi connectivity index (χ0v) is 21.5. The fourth-order valence-electron chi connectivity index (χ4n) is 5.13. The molecule has 9 heteroatoms. The van der Waals surface area contributed by atoms with E-state index in [-0.39, 0.29) is 32.7 Å². The van der Waals surface area contributed by atoms with Crippen LogP contribution in [0.25, 0.3) is 0 Å². The third-order valence-corrected chi connectivity index (χ3v) is 6.83. The van der Waals surface area contributed by atoms with Gasteiger partial charge < -0.3 is 20.1 Å². The number of ether oxygens (including phenoxy) is 2. The van der Waals surface area contributed by atoms with Crippen molar-refractivity contribution in [2.45, 2.75) is 57.8 Å². The second-order valence-corrected chi connectivity index (χ2v) is 9.22. The van der Waals surface area contributed by atoms with Gasteiger partial charge in [-0.25, -0.2) is 18.9 Å². The molecule has 2 aromatic rings. The van der Waals surface area contributed by atoms with Gasteiger partial charge in [-0.15, -0.1) is 0 Å². The molecule has 1 aliphatic rings. The number of carbonyl (C=O) groups excluding carboxylic acids is 4. The molecule has 37 heavy (non-hydrogen) atoms. The van der Waals surface area contributed by atoms with Gasteiger partial charge in [0, 0.05) is 31.5 Å². The maximum Gasteiger partial charge on any atom is 0.365 e. The molecule has 2 N–H and O–H groups in total. The number of likely N-dealkylation sites (tertiary alicyclic amines) is 1. The number of benzene rings is 2. The first-order chi connectivity index (χ1) is 17.8. The molecule has 4 atom stereocenters. The topological polar surface area (TPSA) is 116 Å². The van der Waals surface area contributed by atoms with E-state index < -0.39 is 40.5 Å². The molecule has 2 aromatic carbocycles. The van der Waals surface area contributed by atoms with Gasteiger partial charge in [0.1, 0.15) is 12.6 Å². The summed E-state index contributed by atoms with van der Waals surface area (Å²) in [5.74, 6) is -1.58. The van der Waals surface area contributed by atoms with E-state index in [4.69, 9.17) is 15.2 Å². The van der Waals surface area contributed by atoms with Crippen LogP contribution in [0.4, 0.5) is 5.69 Å². The van der Waals surface area contributed by atoms with Crippen LogP contribution in [0.15, 0.2) is 60.7 Å². The van der Waals surface area contributed by atoms with Crippen LogP contribution in [0.5, 0.6) is 0 Å². The molecule has 3 rings (SSSR count). The van der Waals surface area contributed by atoms with E-state index in [9.17, 15) is 19.2 Å². The monoisotopic (exact) mass is 510 g/mol. The van der Waals surface area contributed by atoms with Gasteiger partial charge in [0.05, 0.1) is 13.2 Å². The van der Waals surface area contributed by atoms with Gasteiger partial charge in [-0.1, -0.05) is 48.5 Å². The summed E-state index contributed by atoms with van der Waals surface area (Å²) in [6, 6.07) is 15.4. The van der Waals surface area contributed by atoms with Crippen molar-refractivity contribution in [3.8, 4) is 0 Å². The molecule has 2 unspecified atom stereocenters. The highest BCUT2D eigenvalue weighted by Gasteiger charge is 2.60. The normalized spacial score (nSPS) is 20.5. The average molecular weight is 511 g/mol. The second kappa shape index (κ2) is 13.1. The summed E-state index contributed by atoms with van der Waals surface area (Å²) in [4.78, 5) is 53.9. The van der Waals surface area contributed by atoms with Crippen molar-refractivity contribution in [3.05, 3.63) is 66.2 Å². The van der Waals surface area contributed by atoms with Crippen molar-refractivity contribution >= 4 is 29.9 Å². The van der Waals surface area contributed by atoms with Gasteiger partial charge in [-0.2, -0.15) is 0 Å². The van der Waals surface area contributed by atoms with E-state index in [2.05, 4.69) is 0 Å². The van der Waals surface area contributed by atoms with Crippen LogP contribution in [-0.4, -0.2) is 66.6 Å². The van der Waals surface area contributed by atoms with Crippen molar-refractivity contribution in [1.29, 1.82) is 0 Å². The summed E-state index contributed by atoms with van der Waals surface area (Å²) >= 11 is 0. The van der Waals surface area contributed by atoms with Crippen LogP contribution >= 0.6 is 0 Å². The van der Waals surface area contributed by atoms with Gasteiger partial charge >= 0.3 is 17.8 Å².